The van der Waals surface area contributed by atoms with Crippen molar-refractivity contribution in [2.24, 2.45) is 0 Å². The van der Waals surface area contributed by atoms with Gasteiger partial charge < -0.3 is 23.8 Å². The van der Waals surface area contributed by atoms with Crippen LogP contribution < -0.4 is 18.9 Å². The minimum absolute atomic E-state index is 0.164. The molecule has 2 heterocycles. The molecule has 2 aliphatic heterocycles. The first-order valence-electron chi connectivity index (χ1n) is 8.82. The van der Waals surface area contributed by atoms with Crippen LogP contribution >= 0.6 is 0 Å². The van der Waals surface area contributed by atoms with Crippen molar-refractivity contribution < 1.29 is 18.9 Å². The van der Waals surface area contributed by atoms with Crippen molar-refractivity contribution in [2.75, 3.05) is 28.4 Å². The lowest BCUT2D eigenvalue weighted by atomic mass is 9.88. The van der Waals surface area contributed by atoms with Crippen LogP contribution in [-0.4, -0.2) is 33.3 Å². The van der Waals surface area contributed by atoms with E-state index in [4.69, 9.17) is 18.9 Å². The third-order valence-corrected chi connectivity index (χ3v) is 5.29. The second-order valence-electron chi connectivity index (χ2n) is 6.53. The first kappa shape index (κ1) is 17.3. The maximum atomic E-state index is 5.68. The number of fused-ring (bicyclic) bond motifs is 4. The molecule has 0 aliphatic carbocycles. The number of ether oxygens (including phenoxy) is 4. The van der Waals surface area contributed by atoms with Crippen LogP contribution in [0.2, 0.25) is 0 Å². The zero-order valence-corrected chi connectivity index (χ0v) is 16.2. The molecule has 5 heteroatoms. The SMILES string of the molecule is COc1cc2c(cc1OC)C1=Cc3c(ccc(OC)c3OC)C(C)N1C=C2. The van der Waals surface area contributed by atoms with Crippen LogP contribution in [0.15, 0.2) is 30.5 Å². The van der Waals surface area contributed by atoms with Crippen LogP contribution in [0.1, 0.15) is 35.2 Å². The Morgan fingerprint density at radius 2 is 1.56 bits per heavy atom. The van der Waals surface area contributed by atoms with Gasteiger partial charge in [0.2, 0.25) is 0 Å². The van der Waals surface area contributed by atoms with Crippen LogP contribution in [0, 0.1) is 0 Å². The largest absolute Gasteiger partial charge is 0.493 e. The minimum Gasteiger partial charge on any atom is -0.493 e. The molecule has 2 aromatic carbocycles. The normalized spacial score (nSPS) is 16.7. The van der Waals surface area contributed by atoms with Crippen molar-refractivity contribution in [1.29, 1.82) is 0 Å². The molecule has 0 saturated heterocycles. The predicted octanol–water partition coefficient (Wildman–Crippen LogP) is 4.58. The highest BCUT2D eigenvalue weighted by molar-refractivity contribution is 5.92. The Kier molecular flexibility index (Phi) is 4.22. The van der Waals surface area contributed by atoms with Crippen molar-refractivity contribution in [3.05, 3.63) is 52.7 Å². The Balaban J connectivity index is 1.96. The van der Waals surface area contributed by atoms with Crippen LogP contribution in [0.25, 0.3) is 17.8 Å². The van der Waals surface area contributed by atoms with E-state index in [9.17, 15) is 0 Å². The summed E-state index contributed by atoms with van der Waals surface area (Å²) in [6.45, 7) is 2.19. The Hall–Kier alpha value is -3.08. The van der Waals surface area contributed by atoms with E-state index in [2.05, 4.69) is 36.2 Å². The van der Waals surface area contributed by atoms with Crippen molar-refractivity contribution in [3.63, 3.8) is 0 Å². The smallest absolute Gasteiger partial charge is 0.168 e. The maximum absolute atomic E-state index is 5.68. The predicted molar refractivity (Wildman–Crippen MR) is 106 cm³/mol. The molecule has 1 unspecified atom stereocenters. The first-order valence-corrected chi connectivity index (χ1v) is 8.82. The quantitative estimate of drug-likeness (QED) is 0.793. The zero-order chi connectivity index (χ0) is 19.1. The summed E-state index contributed by atoms with van der Waals surface area (Å²) in [6.07, 6.45) is 6.38. The first-order chi connectivity index (χ1) is 13.1. The fourth-order valence-electron chi connectivity index (χ4n) is 3.89. The van der Waals surface area contributed by atoms with E-state index in [0.717, 1.165) is 39.6 Å². The van der Waals surface area contributed by atoms with E-state index < -0.39 is 0 Å². The fourth-order valence-corrected chi connectivity index (χ4v) is 3.89. The molecule has 5 nitrogen and oxygen atoms in total. The second kappa shape index (κ2) is 6.58. The van der Waals surface area contributed by atoms with Gasteiger partial charge in [0.15, 0.2) is 23.0 Å². The van der Waals surface area contributed by atoms with Crippen molar-refractivity contribution in [2.45, 2.75) is 13.0 Å². The van der Waals surface area contributed by atoms with Gasteiger partial charge in [-0.2, -0.15) is 0 Å². The van der Waals surface area contributed by atoms with E-state index in [0.29, 0.717) is 5.75 Å². The summed E-state index contributed by atoms with van der Waals surface area (Å²) < 4.78 is 22.1. The van der Waals surface area contributed by atoms with E-state index in [1.54, 1.807) is 28.4 Å². The molecular weight excluding hydrogens is 342 g/mol. The number of hydrogen-bond donors (Lipinski definition) is 0. The molecule has 4 rings (SSSR count). The number of rotatable bonds is 4. The zero-order valence-electron chi connectivity index (χ0n) is 16.2. The topological polar surface area (TPSA) is 40.2 Å². The van der Waals surface area contributed by atoms with Gasteiger partial charge in [-0.1, -0.05) is 6.07 Å². The lowest BCUT2D eigenvalue weighted by Crippen LogP contribution is -2.26. The van der Waals surface area contributed by atoms with E-state index in [1.807, 2.05) is 18.2 Å². The number of hydrogen-bond acceptors (Lipinski definition) is 5. The third kappa shape index (κ3) is 2.53. The Bertz CT molecular complexity index is 961. The number of methoxy groups -OCH3 is 4. The molecule has 2 aliphatic rings. The molecule has 0 radical (unpaired) electrons. The van der Waals surface area contributed by atoms with Crippen molar-refractivity contribution in [3.8, 4) is 23.0 Å². The van der Waals surface area contributed by atoms with Crippen LogP contribution in [0.5, 0.6) is 23.0 Å². The van der Waals surface area contributed by atoms with Crippen LogP contribution in [0.3, 0.4) is 0 Å². The van der Waals surface area contributed by atoms with E-state index in [-0.39, 0.29) is 6.04 Å². The van der Waals surface area contributed by atoms with Crippen molar-refractivity contribution in [1.82, 2.24) is 4.90 Å². The highest BCUT2D eigenvalue weighted by Crippen LogP contribution is 2.48. The van der Waals surface area contributed by atoms with Gasteiger partial charge in [0.05, 0.1) is 34.5 Å². The van der Waals surface area contributed by atoms with Gasteiger partial charge in [-0.15, -0.1) is 0 Å². The summed E-state index contributed by atoms with van der Waals surface area (Å²) in [7, 11) is 6.64. The van der Waals surface area contributed by atoms with Gasteiger partial charge in [0.1, 0.15) is 0 Å². The minimum atomic E-state index is 0.164. The fraction of sp³-hybridized carbons (Fsp3) is 0.273. The molecular formula is C22H23NO4. The molecule has 0 N–H and O–H groups in total. The molecule has 27 heavy (non-hydrogen) atoms. The molecule has 140 valence electrons. The molecule has 1 atom stereocenters. The van der Waals surface area contributed by atoms with Gasteiger partial charge in [0, 0.05) is 23.0 Å². The van der Waals surface area contributed by atoms with Crippen LogP contribution in [-0.2, 0) is 0 Å². The summed E-state index contributed by atoms with van der Waals surface area (Å²) in [5, 5.41) is 0. The van der Waals surface area contributed by atoms with Gasteiger partial charge in [-0.3, -0.25) is 0 Å². The number of nitrogens with zero attached hydrogens (tertiary/aromatic N) is 1. The summed E-state index contributed by atoms with van der Waals surface area (Å²) in [5.41, 5.74) is 5.53. The highest BCUT2D eigenvalue weighted by Gasteiger charge is 2.31. The van der Waals surface area contributed by atoms with Crippen LogP contribution in [0.4, 0.5) is 0 Å². The molecule has 0 saturated carbocycles. The molecule has 0 spiro atoms. The molecule has 0 fully saturated rings. The standard InChI is InChI=1S/C22H23NO4/c1-13-15-6-7-19(24-2)22(27-5)17(15)11-18-16-12-21(26-4)20(25-3)10-14(16)8-9-23(13)18/h6-13H,1-5H3. The lowest BCUT2D eigenvalue weighted by molar-refractivity contribution is 0.349. The third-order valence-electron chi connectivity index (χ3n) is 5.29. The van der Waals surface area contributed by atoms with Gasteiger partial charge >= 0.3 is 0 Å². The Labute approximate surface area is 159 Å². The summed E-state index contributed by atoms with van der Waals surface area (Å²) >= 11 is 0. The average molecular weight is 365 g/mol. The lowest BCUT2D eigenvalue weighted by Gasteiger charge is -2.38. The summed E-state index contributed by atoms with van der Waals surface area (Å²) in [6, 6.07) is 8.26. The van der Waals surface area contributed by atoms with E-state index in [1.165, 1.54) is 5.56 Å². The molecule has 2 aromatic rings. The van der Waals surface area contributed by atoms with Gasteiger partial charge in [-0.05, 0) is 48.4 Å². The summed E-state index contributed by atoms with van der Waals surface area (Å²) in [4.78, 5) is 2.27. The maximum Gasteiger partial charge on any atom is 0.168 e. The summed E-state index contributed by atoms with van der Waals surface area (Å²) in [5.74, 6) is 2.92. The van der Waals surface area contributed by atoms with Gasteiger partial charge in [0.25, 0.3) is 0 Å². The molecule has 0 aromatic heterocycles. The number of benzene rings is 2. The van der Waals surface area contributed by atoms with Gasteiger partial charge in [-0.25, -0.2) is 0 Å². The Morgan fingerprint density at radius 3 is 2.22 bits per heavy atom. The van der Waals surface area contributed by atoms with Crippen molar-refractivity contribution >= 4 is 17.8 Å². The molecule has 0 bridgehead atoms. The van der Waals surface area contributed by atoms with E-state index >= 15 is 0 Å². The monoisotopic (exact) mass is 365 g/mol. The highest BCUT2D eigenvalue weighted by atomic mass is 16.5. The average Bonchev–Trinajstić information content (AvgIpc) is 2.71. The Morgan fingerprint density at radius 1 is 0.852 bits per heavy atom. The molecule has 0 amide bonds. The second-order valence-corrected chi connectivity index (χ2v) is 6.53.